The molecular formula is C32H47N5O2. The summed E-state index contributed by atoms with van der Waals surface area (Å²) in [6.45, 7) is 6.48. The van der Waals surface area contributed by atoms with Crippen molar-refractivity contribution in [2.24, 2.45) is 11.8 Å². The van der Waals surface area contributed by atoms with Crippen molar-refractivity contribution in [3.63, 3.8) is 0 Å². The molecule has 3 fully saturated rings. The van der Waals surface area contributed by atoms with Crippen LogP contribution in [-0.2, 0) is 4.79 Å². The first-order valence-electron chi connectivity index (χ1n) is 15.4. The van der Waals surface area contributed by atoms with E-state index in [9.17, 15) is 9.90 Å². The zero-order valence-corrected chi connectivity index (χ0v) is 23.6. The SMILES string of the molecule is CCCN(c1ncccn1)C1CCN(C[C@H]2CC(NC(C(=O)O)C3CCCCC3)C[C@@H]2c2ccccc2)CC1. The van der Waals surface area contributed by atoms with E-state index in [1.165, 1.54) is 12.0 Å². The predicted octanol–water partition coefficient (Wildman–Crippen LogP) is 5.34. The van der Waals surface area contributed by atoms with Gasteiger partial charge >= 0.3 is 5.97 Å². The number of hydrogen-bond donors (Lipinski definition) is 2. The summed E-state index contributed by atoms with van der Waals surface area (Å²) in [6, 6.07) is 13.1. The van der Waals surface area contributed by atoms with Crippen molar-refractivity contribution in [3.05, 3.63) is 54.4 Å². The first-order valence-corrected chi connectivity index (χ1v) is 15.4. The molecule has 1 saturated heterocycles. The van der Waals surface area contributed by atoms with Gasteiger partial charge < -0.3 is 20.2 Å². The van der Waals surface area contributed by atoms with Gasteiger partial charge in [0.15, 0.2) is 0 Å². The average Bonchev–Trinajstić information content (AvgIpc) is 3.38. The van der Waals surface area contributed by atoms with Crippen LogP contribution in [0.1, 0.15) is 82.6 Å². The van der Waals surface area contributed by atoms with Crippen LogP contribution in [0.3, 0.4) is 0 Å². The fourth-order valence-corrected chi connectivity index (χ4v) is 7.57. The highest BCUT2D eigenvalue weighted by Gasteiger charge is 2.40. The number of carboxylic acids is 1. The van der Waals surface area contributed by atoms with E-state index in [1.807, 2.05) is 18.5 Å². The minimum atomic E-state index is -0.664. The highest BCUT2D eigenvalue weighted by atomic mass is 16.4. The largest absolute Gasteiger partial charge is 0.480 e. The lowest BCUT2D eigenvalue weighted by Gasteiger charge is -2.39. The molecular weight excluding hydrogens is 486 g/mol. The molecule has 3 aliphatic rings. The Morgan fingerprint density at radius 2 is 1.74 bits per heavy atom. The van der Waals surface area contributed by atoms with Gasteiger partial charge in [-0.05, 0) is 74.3 Å². The topological polar surface area (TPSA) is 81.6 Å². The number of nitrogens with zero attached hydrogens (tertiary/aromatic N) is 4. The molecule has 39 heavy (non-hydrogen) atoms. The highest BCUT2D eigenvalue weighted by Crippen LogP contribution is 2.41. The van der Waals surface area contributed by atoms with E-state index in [0.717, 1.165) is 89.9 Å². The molecule has 7 heteroatoms. The van der Waals surface area contributed by atoms with Crippen LogP contribution in [0.5, 0.6) is 0 Å². The second-order valence-corrected chi connectivity index (χ2v) is 12.1. The molecule has 2 saturated carbocycles. The van der Waals surface area contributed by atoms with Gasteiger partial charge in [-0.2, -0.15) is 0 Å². The number of likely N-dealkylation sites (tertiary alicyclic amines) is 1. The Morgan fingerprint density at radius 1 is 1.03 bits per heavy atom. The first-order chi connectivity index (χ1) is 19.1. The molecule has 1 aliphatic heterocycles. The molecule has 2 aromatic rings. The third-order valence-corrected chi connectivity index (χ3v) is 9.49. The quantitative estimate of drug-likeness (QED) is 0.403. The van der Waals surface area contributed by atoms with Gasteiger partial charge in [-0.1, -0.05) is 56.5 Å². The second kappa shape index (κ2) is 13.7. The van der Waals surface area contributed by atoms with Crippen LogP contribution in [0.4, 0.5) is 5.95 Å². The van der Waals surface area contributed by atoms with Gasteiger partial charge in [0.25, 0.3) is 0 Å². The third-order valence-electron chi connectivity index (χ3n) is 9.49. The number of piperidine rings is 1. The van der Waals surface area contributed by atoms with Gasteiger partial charge in [-0.15, -0.1) is 0 Å². The van der Waals surface area contributed by atoms with E-state index in [0.29, 0.717) is 17.9 Å². The molecule has 0 bridgehead atoms. The van der Waals surface area contributed by atoms with E-state index >= 15 is 0 Å². The average molecular weight is 534 g/mol. The molecule has 2 N–H and O–H groups in total. The van der Waals surface area contributed by atoms with E-state index < -0.39 is 12.0 Å². The van der Waals surface area contributed by atoms with Gasteiger partial charge in [0.1, 0.15) is 6.04 Å². The number of rotatable bonds is 11. The van der Waals surface area contributed by atoms with Crippen molar-refractivity contribution in [3.8, 4) is 0 Å². The van der Waals surface area contributed by atoms with Crippen LogP contribution in [-0.4, -0.2) is 70.2 Å². The van der Waals surface area contributed by atoms with Crippen LogP contribution in [0.25, 0.3) is 0 Å². The number of carboxylic acid groups (broad SMARTS) is 1. The van der Waals surface area contributed by atoms with Gasteiger partial charge in [0.05, 0.1) is 0 Å². The van der Waals surface area contributed by atoms with Crippen LogP contribution in [0.15, 0.2) is 48.8 Å². The summed E-state index contributed by atoms with van der Waals surface area (Å²) in [5.74, 6) is 1.47. The van der Waals surface area contributed by atoms with E-state index in [4.69, 9.17) is 0 Å². The molecule has 0 spiro atoms. The smallest absolute Gasteiger partial charge is 0.320 e. The van der Waals surface area contributed by atoms with Gasteiger partial charge in [-0.25, -0.2) is 9.97 Å². The van der Waals surface area contributed by atoms with Gasteiger partial charge in [0, 0.05) is 50.7 Å². The van der Waals surface area contributed by atoms with Crippen molar-refractivity contribution in [1.82, 2.24) is 20.2 Å². The molecule has 212 valence electrons. The molecule has 5 rings (SSSR count). The van der Waals surface area contributed by atoms with Crippen LogP contribution < -0.4 is 10.2 Å². The number of hydrogen-bond acceptors (Lipinski definition) is 6. The lowest BCUT2D eigenvalue weighted by atomic mass is 9.83. The van der Waals surface area contributed by atoms with Crippen LogP contribution in [0, 0.1) is 11.8 Å². The maximum absolute atomic E-state index is 12.3. The van der Waals surface area contributed by atoms with Gasteiger partial charge in [-0.3, -0.25) is 4.79 Å². The second-order valence-electron chi connectivity index (χ2n) is 12.1. The third kappa shape index (κ3) is 7.17. The predicted molar refractivity (Wildman–Crippen MR) is 156 cm³/mol. The number of aliphatic carboxylic acids is 1. The van der Waals surface area contributed by atoms with Crippen molar-refractivity contribution in [2.75, 3.05) is 31.1 Å². The Kier molecular flexibility index (Phi) is 9.86. The molecule has 0 radical (unpaired) electrons. The summed E-state index contributed by atoms with van der Waals surface area (Å²) in [5, 5.41) is 13.8. The monoisotopic (exact) mass is 533 g/mol. The summed E-state index contributed by atoms with van der Waals surface area (Å²) in [6.07, 6.45) is 14.8. The Hall–Kier alpha value is -2.51. The zero-order valence-electron chi connectivity index (χ0n) is 23.6. The van der Waals surface area contributed by atoms with E-state index in [-0.39, 0.29) is 12.0 Å². The lowest BCUT2D eigenvalue weighted by molar-refractivity contribution is -0.141. The fourth-order valence-electron chi connectivity index (χ4n) is 7.57. The normalized spacial score (nSPS) is 25.9. The summed E-state index contributed by atoms with van der Waals surface area (Å²) < 4.78 is 0. The maximum atomic E-state index is 12.3. The van der Waals surface area contributed by atoms with Crippen molar-refractivity contribution < 1.29 is 9.90 Å². The van der Waals surface area contributed by atoms with E-state index in [2.05, 4.69) is 62.3 Å². The van der Waals surface area contributed by atoms with Crippen LogP contribution in [0.2, 0.25) is 0 Å². The molecule has 2 aliphatic carbocycles. The first kappa shape index (κ1) is 28.0. The lowest BCUT2D eigenvalue weighted by Crippen LogP contribution is -2.48. The summed E-state index contributed by atoms with van der Waals surface area (Å²) in [7, 11) is 0. The summed E-state index contributed by atoms with van der Waals surface area (Å²) in [5.41, 5.74) is 1.40. The Bertz CT molecular complexity index is 1010. The Balaban J connectivity index is 1.22. The highest BCUT2D eigenvalue weighted by molar-refractivity contribution is 5.74. The minimum Gasteiger partial charge on any atom is -0.480 e. The molecule has 2 heterocycles. The molecule has 0 amide bonds. The van der Waals surface area contributed by atoms with Crippen molar-refractivity contribution in [2.45, 2.75) is 95.2 Å². The van der Waals surface area contributed by atoms with Crippen LogP contribution >= 0.6 is 0 Å². The number of anilines is 1. The van der Waals surface area contributed by atoms with Gasteiger partial charge in [0.2, 0.25) is 5.95 Å². The van der Waals surface area contributed by atoms with E-state index in [1.54, 1.807) is 0 Å². The summed E-state index contributed by atoms with van der Waals surface area (Å²) in [4.78, 5) is 26.5. The number of aromatic nitrogens is 2. The number of benzene rings is 1. The molecule has 4 atom stereocenters. The molecule has 2 unspecified atom stereocenters. The van der Waals surface area contributed by atoms with Crippen molar-refractivity contribution >= 4 is 11.9 Å². The Labute approximate surface area is 234 Å². The van der Waals surface area contributed by atoms with Crippen molar-refractivity contribution in [1.29, 1.82) is 0 Å². The molecule has 1 aromatic heterocycles. The Morgan fingerprint density at radius 3 is 2.41 bits per heavy atom. The molecule has 7 nitrogen and oxygen atoms in total. The standard InChI is InChI=1S/C32H47N5O2/c1-2-18-37(32-33-16-9-17-34-32)28-14-19-36(20-15-28)23-26-21-27(22-29(26)24-10-5-3-6-11-24)35-30(31(38)39)25-12-7-4-8-13-25/h3,5-6,9-11,16-17,25-30,35H,2,4,7-8,12-15,18-23H2,1H3,(H,38,39)/t26-,27?,29-,30?/m1/s1. The molecule has 1 aromatic carbocycles. The fraction of sp³-hybridized carbons (Fsp3) is 0.656. The maximum Gasteiger partial charge on any atom is 0.320 e. The summed E-state index contributed by atoms with van der Waals surface area (Å²) >= 11 is 0. The number of carbonyl (C=O) groups is 1. The minimum absolute atomic E-state index is 0.260. The number of nitrogens with one attached hydrogen (secondary N) is 1. The zero-order chi connectivity index (χ0) is 27.0.